The van der Waals surface area contributed by atoms with Gasteiger partial charge in [0.25, 0.3) is 0 Å². The lowest BCUT2D eigenvalue weighted by Gasteiger charge is -2.44. The molecule has 240 valence electrons. The second-order valence-corrected chi connectivity index (χ2v) is 20.5. The molecular weight excluding hydrogens is 542 g/mol. The van der Waals surface area contributed by atoms with Crippen LogP contribution in [0.4, 0.5) is 0 Å². The van der Waals surface area contributed by atoms with Crippen molar-refractivity contribution < 1.29 is 23.9 Å². The highest BCUT2D eigenvalue weighted by atomic mass is 28.4. The molecule has 1 saturated heterocycles. The van der Waals surface area contributed by atoms with E-state index in [0.717, 1.165) is 45.2 Å². The van der Waals surface area contributed by atoms with Gasteiger partial charge < -0.3 is 19.2 Å². The minimum absolute atomic E-state index is 0.0242. The Morgan fingerprint density at radius 3 is 2.36 bits per heavy atom. The van der Waals surface area contributed by atoms with Crippen molar-refractivity contribution >= 4 is 20.2 Å². The van der Waals surface area contributed by atoms with E-state index in [0.29, 0.717) is 31.1 Å². The van der Waals surface area contributed by atoms with Crippen molar-refractivity contribution in [2.45, 2.75) is 143 Å². The molecule has 3 rings (SSSR count). The number of aliphatic hydroxyl groups excluding tert-OH is 1. The molecule has 1 N–H and O–H groups in total. The number of carbonyl (C=O) groups excluding carboxylic acids is 2. The van der Waals surface area contributed by atoms with Crippen molar-refractivity contribution in [3.63, 3.8) is 0 Å². The molecule has 3 aliphatic rings. The highest BCUT2D eigenvalue weighted by Crippen LogP contribution is 2.46. The lowest BCUT2D eigenvalue weighted by atomic mass is 9.65. The van der Waals surface area contributed by atoms with Crippen LogP contribution in [-0.2, 0) is 18.8 Å². The van der Waals surface area contributed by atoms with Crippen LogP contribution in [0.2, 0.25) is 18.1 Å². The van der Waals surface area contributed by atoms with Crippen LogP contribution in [0.3, 0.4) is 0 Å². The second-order valence-electron chi connectivity index (χ2n) is 15.7. The summed E-state index contributed by atoms with van der Waals surface area (Å²) >= 11 is 0. The summed E-state index contributed by atoms with van der Waals surface area (Å²) in [6.45, 7) is 23.2. The lowest BCUT2D eigenvalue weighted by molar-refractivity contribution is -0.164. The van der Waals surface area contributed by atoms with Gasteiger partial charge in [-0.15, -0.1) is 0 Å². The fourth-order valence-electron chi connectivity index (χ4n) is 6.53. The molecule has 0 aromatic rings. The zero-order valence-electron chi connectivity index (χ0n) is 28.4. The van der Waals surface area contributed by atoms with Gasteiger partial charge >= 0.3 is 5.97 Å². The van der Waals surface area contributed by atoms with E-state index in [4.69, 9.17) is 9.16 Å². The minimum Gasteiger partial charge on any atom is -0.461 e. The average molecular weight is 604 g/mol. The summed E-state index contributed by atoms with van der Waals surface area (Å²) in [6, 6.07) is 0. The fraction of sp³-hybridized carbons (Fsp3) is 0.829. The SMILES string of the molecule is CCC(C)(C)C(=O)O[C@H]1C[C@@H](C)C=C2C=C[C@H](C)[C@H](CC[C@@H](O)C[C@H](CC(=O)N3CCCC3)O[Si](C)(C)C(C)(C)C)[C@H]21. The van der Waals surface area contributed by atoms with Crippen molar-refractivity contribution in [1.82, 2.24) is 4.90 Å². The molecular formula is C35H61NO5Si. The van der Waals surface area contributed by atoms with Crippen molar-refractivity contribution in [3.8, 4) is 0 Å². The monoisotopic (exact) mass is 603 g/mol. The van der Waals surface area contributed by atoms with Gasteiger partial charge in [0.2, 0.25) is 5.91 Å². The molecule has 1 fully saturated rings. The number of likely N-dealkylation sites (tertiary alicyclic amines) is 1. The quantitative estimate of drug-likeness (QED) is 0.183. The Morgan fingerprint density at radius 2 is 1.76 bits per heavy atom. The van der Waals surface area contributed by atoms with E-state index in [1.54, 1.807) is 0 Å². The maximum Gasteiger partial charge on any atom is 0.311 e. The molecule has 6 nitrogen and oxygen atoms in total. The first-order valence-electron chi connectivity index (χ1n) is 16.7. The van der Waals surface area contributed by atoms with Crippen LogP contribution in [0.1, 0.15) is 107 Å². The molecule has 0 bridgehead atoms. The predicted molar refractivity (Wildman–Crippen MR) is 173 cm³/mol. The van der Waals surface area contributed by atoms with Crippen LogP contribution < -0.4 is 0 Å². The third-order valence-corrected chi connectivity index (χ3v) is 15.3. The summed E-state index contributed by atoms with van der Waals surface area (Å²) in [5, 5.41) is 11.4. The molecule has 0 spiro atoms. The van der Waals surface area contributed by atoms with Crippen LogP contribution in [0.5, 0.6) is 0 Å². The Bertz CT molecular complexity index is 990. The molecule has 1 heterocycles. The maximum atomic E-state index is 13.1. The number of rotatable bonds is 12. The zero-order valence-corrected chi connectivity index (χ0v) is 29.4. The average Bonchev–Trinajstić information content (AvgIpc) is 3.42. The van der Waals surface area contributed by atoms with Gasteiger partial charge in [-0.3, -0.25) is 9.59 Å². The van der Waals surface area contributed by atoms with Crippen LogP contribution in [-0.4, -0.2) is 61.6 Å². The molecule has 7 heteroatoms. The van der Waals surface area contributed by atoms with Crippen molar-refractivity contribution in [2.75, 3.05) is 13.1 Å². The van der Waals surface area contributed by atoms with E-state index < -0.39 is 19.8 Å². The van der Waals surface area contributed by atoms with Crippen molar-refractivity contribution in [1.29, 1.82) is 0 Å². The van der Waals surface area contributed by atoms with Gasteiger partial charge in [-0.2, -0.15) is 0 Å². The molecule has 1 amide bonds. The number of carbonyl (C=O) groups is 2. The largest absolute Gasteiger partial charge is 0.461 e. The van der Waals surface area contributed by atoms with Gasteiger partial charge in [-0.25, -0.2) is 0 Å². The molecule has 0 saturated carbocycles. The summed E-state index contributed by atoms with van der Waals surface area (Å²) in [7, 11) is -2.13. The number of hydrogen-bond acceptors (Lipinski definition) is 5. The smallest absolute Gasteiger partial charge is 0.311 e. The summed E-state index contributed by atoms with van der Waals surface area (Å²) < 4.78 is 13.1. The number of allylic oxidation sites excluding steroid dienone is 3. The minimum atomic E-state index is -2.13. The number of amides is 1. The Morgan fingerprint density at radius 1 is 1.12 bits per heavy atom. The third kappa shape index (κ3) is 8.81. The topological polar surface area (TPSA) is 76.1 Å². The first-order valence-corrected chi connectivity index (χ1v) is 19.6. The molecule has 0 aromatic heterocycles. The van der Waals surface area contributed by atoms with E-state index in [9.17, 15) is 14.7 Å². The Hall–Kier alpha value is -1.44. The van der Waals surface area contributed by atoms with E-state index in [2.05, 4.69) is 65.9 Å². The van der Waals surface area contributed by atoms with E-state index >= 15 is 0 Å². The second kappa shape index (κ2) is 14.1. The molecule has 1 aliphatic heterocycles. The molecule has 0 radical (unpaired) electrons. The lowest BCUT2D eigenvalue weighted by Crippen LogP contribution is -2.46. The standard InChI is InChI=1S/C35H61NO5Si/c1-11-35(7,8)33(39)40-30-21-24(2)20-26-15-14-25(3)29(32(26)30)17-16-27(37)22-28(41-42(9,10)34(4,5)6)23-31(38)36-18-12-13-19-36/h14-15,20,24-25,27-30,32,37H,11-13,16-19,21-23H2,1-10H3/t24-,25-,27+,28+,29-,30-,32-/m0/s1. The normalized spacial score (nSPS) is 28.2. The number of esters is 1. The summed E-state index contributed by atoms with van der Waals surface area (Å²) in [4.78, 5) is 28.3. The van der Waals surface area contributed by atoms with Gasteiger partial charge in [-0.1, -0.05) is 59.8 Å². The van der Waals surface area contributed by atoms with Gasteiger partial charge in [0.1, 0.15) is 6.10 Å². The van der Waals surface area contributed by atoms with Crippen LogP contribution in [0, 0.1) is 29.1 Å². The number of nitrogens with zero attached hydrogens (tertiary/aromatic N) is 1. The number of fused-ring (bicyclic) bond motifs is 1. The fourth-order valence-corrected chi connectivity index (χ4v) is 7.89. The van der Waals surface area contributed by atoms with E-state index in [-0.39, 0.29) is 41.0 Å². The maximum absolute atomic E-state index is 13.1. The molecule has 2 aliphatic carbocycles. The highest BCUT2D eigenvalue weighted by Gasteiger charge is 2.44. The summed E-state index contributed by atoms with van der Waals surface area (Å²) in [5.74, 6) is 1.13. The highest BCUT2D eigenvalue weighted by molar-refractivity contribution is 6.74. The Kier molecular flexibility index (Phi) is 11.8. The molecule has 0 aromatic carbocycles. The van der Waals surface area contributed by atoms with Crippen LogP contribution >= 0.6 is 0 Å². The first-order chi connectivity index (χ1) is 19.4. The number of ether oxygens (including phenoxy) is 1. The number of hydrogen-bond donors (Lipinski definition) is 1. The van der Waals surface area contributed by atoms with E-state index in [1.165, 1.54) is 5.57 Å². The van der Waals surface area contributed by atoms with Gasteiger partial charge in [-0.05, 0) is 100 Å². The summed E-state index contributed by atoms with van der Waals surface area (Å²) in [6.07, 6.45) is 11.9. The number of aliphatic hydroxyl groups is 1. The Labute approximate surface area is 257 Å². The molecule has 0 unspecified atom stereocenters. The van der Waals surface area contributed by atoms with E-state index in [1.807, 2.05) is 25.7 Å². The van der Waals surface area contributed by atoms with Gasteiger partial charge in [0.05, 0.1) is 24.0 Å². The molecule has 42 heavy (non-hydrogen) atoms. The van der Waals surface area contributed by atoms with Gasteiger partial charge in [0, 0.05) is 19.0 Å². The van der Waals surface area contributed by atoms with Crippen LogP contribution in [0.25, 0.3) is 0 Å². The predicted octanol–water partition coefficient (Wildman–Crippen LogP) is 7.67. The van der Waals surface area contributed by atoms with Crippen molar-refractivity contribution in [2.24, 2.45) is 29.1 Å². The zero-order chi connectivity index (χ0) is 31.5. The van der Waals surface area contributed by atoms with Crippen molar-refractivity contribution in [3.05, 3.63) is 23.8 Å². The first kappa shape index (κ1) is 35.0. The summed E-state index contributed by atoms with van der Waals surface area (Å²) in [5.41, 5.74) is 0.770. The third-order valence-electron chi connectivity index (χ3n) is 10.8. The Balaban J connectivity index is 1.73. The molecule has 7 atom stereocenters. The van der Waals surface area contributed by atoms with Crippen LogP contribution in [0.15, 0.2) is 23.8 Å². The van der Waals surface area contributed by atoms with Gasteiger partial charge in [0.15, 0.2) is 8.32 Å².